The smallest absolute Gasteiger partial charge is 0.227 e. The number of hydrogen-bond donors (Lipinski definition) is 1. The number of nitrogens with two attached hydrogens (primary N) is 1. The molecule has 0 aromatic heterocycles. The average molecular weight is 245 g/mol. The summed E-state index contributed by atoms with van der Waals surface area (Å²) in [5, 5.41) is 3.53. The Balaban J connectivity index is 2.24. The average Bonchev–Trinajstić information content (AvgIpc) is 2.68. The largest absolute Gasteiger partial charge is 0.397 e. The molecule has 94 valence electrons. The SMILES string of the molecule is Cc1cccc(N)c1N1CC(CN=[N+]=[N-])CC1=O. The molecule has 1 aliphatic rings. The van der Waals surface area contributed by atoms with Crippen molar-refractivity contribution in [2.24, 2.45) is 11.0 Å². The van der Waals surface area contributed by atoms with Crippen molar-refractivity contribution < 1.29 is 4.79 Å². The molecule has 1 atom stereocenters. The van der Waals surface area contributed by atoms with Crippen molar-refractivity contribution in [3.8, 4) is 0 Å². The summed E-state index contributed by atoms with van der Waals surface area (Å²) in [6.07, 6.45) is 0.410. The zero-order valence-corrected chi connectivity index (χ0v) is 10.2. The van der Waals surface area contributed by atoms with Crippen LogP contribution in [0.4, 0.5) is 11.4 Å². The monoisotopic (exact) mass is 245 g/mol. The van der Waals surface area contributed by atoms with E-state index in [1.54, 1.807) is 11.0 Å². The lowest BCUT2D eigenvalue weighted by Crippen LogP contribution is -2.26. The summed E-state index contributed by atoms with van der Waals surface area (Å²) in [4.78, 5) is 16.4. The highest BCUT2D eigenvalue weighted by Crippen LogP contribution is 2.32. The van der Waals surface area contributed by atoms with Crippen LogP contribution in [0.1, 0.15) is 12.0 Å². The van der Waals surface area contributed by atoms with E-state index < -0.39 is 0 Å². The van der Waals surface area contributed by atoms with E-state index in [0.29, 0.717) is 25.2 Å². The molecule has 0 aliphatic carbocycles. The van der Waals surface area contributed by atoms with Gasteiger partial charge in [0.05, 0.1) is 11.4 Å². The number of carbonyl (C=O) groups excluding carboxylic acids is 1. The molecule has 18 heavy (non-hydrogen) atoms. The minimum absolute atomic E-state index is 0.0362. The quantitative estimate of drug-likeness (QED) is 0.382. The number of para-hydroxylation sites is 1. The number of carbonyl (C=O) groups is 1. The Morgan fingerprint density at radius 1 is 1.61 bits per heavy atom. The van der Waals surface area contributed by atoms with Crippen molar-refractivity contribution in [2.45, 2.75) is 13.3 Å². The van der Waals surface area contributed by atoms with Gasteiger partial charge < -0.3 is 10.6 Å². The first kappa shape index (κ1) is 12.3. The van der Waals surface area contributed by atoms with Crippen molar-refractivity contribution in [1.82, 2.24) is 0 Å². The molecular weight excluding hydrogens is 230 g/mol. The summed E-state index contributed by atoms with van der Waals surface area (Å²) in [5.41, 5.74) is 16.6. The topological polar surface area (TPSA) is 95.1 Å². The molecule has 0 saturated carbocycles. The van der Waals surface area contributed by atoms with Crippen LogP contribution in [0.5, 0.6) is 0 Å². The van der Waals surface area contributed by atoms with Crippen molar-refractivity contribution in [2.75, 3.05) is 23.7 Å². The number of hydrogen-bond acceptors (Lipinski definition) is 3. The Hall–Kier alpha value is -2.20. The van der Waals surface area contributed by atoms with E-state index in [4.69, 9.17) is 11.3 Å². The first-order chi connectivity index (χ1) is 8.63. The molecule has 6 nitrogen and oxygen atoms in total. The first-order valence-corrected chi connectivity index (χ1v) is 5.79. The molecule has 1 aromatic rings. The van der Waals surface area contributed by atoms with Gasteiger partial charge in [-0.3, -0.25) is 4.79 Å². The van der Waals surface area contributed by atoms with Crippen LogP contribution in [0.3, 0.4) is 0 Å². The summed E-state index contributed by atoms with van der Waals surface area (Å²) in [7, 11) is 0. The van der Waals surface area contributed by atoms with Crippen molar-refractivity contribution >= 4 is 17.3 Å². The van der Waals surface area contributed by atoms with E-state index in [-0.39, 0.29) is 11.8 Å². The standard InChI is InChI=1S/C12H15N5O/c1-8-3-2-4-10(13)12(8)17-7-9(5-11(17)18)6-15-16-14/h2-4,9H,5-7,13H2,1H3. The molecule has 1 saturated heterocycles. The van der Waals surface area contributed by atoms with Gasteiger partial charge in [-0.05, 0) is 30.0 Å². The summed E-state index contributed by atoms with van der Waals surface area (Å²) in [6, 6.07) is 5.59. The number of anilines is 2. The number of benzene rings is 1. The van der Waals surface area contributed by atoms with E-state index in [9.17, 15) is 4.79 Å². The lowest BCUT2D eigenvalue weighted by molar-refractivity contribution is -0.117. The maximum absolute atomic E-state index is 12.0. The van der Waals surface area contributed by atoms with Crippen LogP contribution in [0.15, 0.2) is 23.3 Å². The fourth-order valence-corrected chi connectivity index (χ4v) is 2.32. The second-order valence-electron chi connectivity index (χ2n) is 4.50. The second-order valence-corrected chi connectivity index (χ2v) is 4.50. The maximum Gasteiger partial charge on any atom is 0.227 e. The lowest BCUT2D eigenvalue weighted by atomic mass is 10.1. The van der Waals surface area contributed by atoms with Crippen LogP contribution < -0.4 is 10.6 Å². The number of nitrogen functional groups attached to an aromatic ring is 1. The lowest BCUT2D eigenvalue weighted by Gasteiger charge is -2.20. The number of amides is 1. The third-order valence-corrected chi connectivity index (χ3v) is 3.15. The van der Waals surface area contributed by atoms with E-state index in [0.717, 1.165) is 11.3 Å². The van der Waals surface area contributed by atoms with Gasteiger partial charge in [-0.2, -0.15) is 0 Å². The Morgan fingerprint density at radius 2 is 2.39 bits per heavy atom. The molecule has 2 N–H and O–H groups in total. The van der Waals surface area contributed by atoms with Gasteiger partial charge in [-0.25, -0.2) is 0 Å². The van der Waals surface area contributed by atoms with Gasteiger partial charge in [-0.1, -0.05) is 17.2 Å². The van der Waals surface area contributed by atoms with Crippen molar-refractivity contribution in [1.29, 1.82) is 0 Å². The highest BCUT2D eigenvalue weighted by atomic mass is 16.2. The van der Waals surface area contributed by atoms with Crippen molar-refractivity contribution in [3.63, 3.8) is 0 Å². The van der Waals surface area contributed by atoms with Gasteiger partial charge in [0.25, 0.3) is 0 Å². The van der Waals surface area contributed by atoms with Crippen LogP contribution >= 0.6 is 0 Å². The van der Waals surface area contributed by atoms with Crippen molar-refractivity contribution in [3.05, 3.63) is 34.2 Å². The van der Waals surface area contributed by atoms with Gasteiger partial charge in [0.2, 0.25) is 5.91 Å². The fraction of sp³-hybridized carbons (Fsp3) is 0.417. The molecule has 1 heterocycles. The number of rotatable bonds is 3. The highest BCUT2D eigenvalue weighted by molar-refractivity contribution is 5.99. The van der Waals surface area contributed by atoms with Gasteiger partial charge in [-0.15, -0.1) is 0 Å². The Kier molecular flexibility index (Phi) is 3.39. The molecule has 0 bridgehead atoms. The van der Waals surface area contributed by atoms with Crippen LogP contribution in [0.25, 0.3) is 10.4 Å². The minimum atomic E-state index is 0.0362. The summed E-state index contributed by atoms with van der Waals surface area (Å²) in [5.74, 6) is 0.113. The number of aryl methyl sites for hydroxylation is 1. The van der Waals surface area contributed by atoms with Crippen LogP contribution in [-0.2, 0) is 4.79 Å². The predicted molar refractivity (Wildman–Crippen MR) is 70.1 cm³/mol. The van der Waals surface area contributed by atoms with Crippen LogP contribution in [0, 0.1) is 12.8 Å². The molecule has 1 amide bonds. The zero-order chi connectivity index (χ0) is 13.1. The third-order valence-electron chi connectivity index (χ3n) is 3.15. The first-order valence-electron chi connectivity index (χ1n) is 5.79. The fourth-order valence-electron chi connectivity index (χ4n) is 2.32. The normalized spacial score (nSPS) is 18.8. The van der Waals surface area contributed by atoms with E-state index in [1.807, 2.05) is 19.1 Å². The molecule has 1 unspecified atom stereocenters. The Labute approximate surface area is 105 Å². The molecule has 6 heteroatoms. The van der Waals surface area contributed by atoms with E-state index in [1.165, 1.54) is 0 Å². The Morgan fingerprint density at radius 3 is 3.06 bits per heavy atom. The molecule has 1 fully saturated rings. The summed E-state index contributed by atoms with van der Waals surface area (Å²) >= 11 is 0. The number of azide groups is 1. The van der Waals surface area contributed by atoms with Crippen LogP contribution in [0.2, 0.25) is 0 Å². The predicted octanol–water partition coefficient (Wildman–Crippen LogP) is 2.24. The van der Waals surface area contributed by atoms with Gasteiger partial charge in [0.15, 0.2) is 0 Å². The van der Waals surface area contributed by atoms with Gasteiger partial charge in [0, 0.05) is 24.4 Å². The molecule has 2 rings (SSSR count). The highest BCUT2D eigenvalue weighted by Gasteiger charge is 2.31. The maximum atomic E-state index is 12.0. The molecule has 0 spiro atoms. The molecular formula is C12H15N5O. The van der Waals surface area contributed by atoms with Gasteiger partial charge in [0.1, 0.15) is 0 Å². The minimum Gasteiger partial charge on any atom is -0.397 e. The molecule has 1 aliphatic heterocycles. The second kappa shape index (κ2) is 4.98. The third kappa shape index (κ3) is 2.24. The Bertz CT molecular complexity index is 501. The zero-order valence-electron chi connectivity index (χ0n) is 10.2. The van der Waals surface area contributed by atoms with Crippen LogP contribution in [-0.4, -0.2) is 19.0 Å². The van der Waals surface area contributed by atoms with E-state index >= 15 is 0 Å². The number of nitrogens with zero attached hydrogens (tertiary/aromatic N) is 4. The van der Waals surface area contributed by atoms with E-state index in [2.05, 4.69) is 10.0 Å². The molecule has 0 radical (unpaired) electrons. The summed E-state index contributed by atoms with van der Waals surface area (Å²) < 4.78 is 0. The molecule has 1 aromatic carbocycles. The van der Waals surface area contributed by atoms with Gasteiger partial charge >= 0.3 is 0 Å². The summed E-state index contributed by atoms with van der Waals surface area (Å²) in [6.45, 7) is 2.84.